The van der Waals surface area contributed by atoms with Crippen molar-refractivity contribution in [3.8, 4) is 0 Å². The SMILES string of the molecule is Cc1cccc(/C=C(/C(=O)O[C@@H](C(=O)NC2CC2)c2ccccc2)c2cccs2)c1. The van der Waals surface area contributed by atoms with E-state index >= 15 is 0 Å². The van der Waals surface area contributed by atoms with Crippen LogP contribution in [0.5, 0.6) is 0 Å². The van der Waals surface area contributed by atoms with E-state index in [1.807, 2.05) is 73.0 Å². The van der Waals surface area contributed by atoms with Gasteiger partial charge in [0.15, 0.2) is 0 Å². The van der Waals surface area contributed by atoms with Gasteiger partial charge in [0.25, 0.3) is 5.91 Å². The first-order chi connectivity index (χ1) is 14.6. The molecule has 1 aromatic heterocycles. The molecule has 30 heavy (non-hydrogen) atoms. The number of ether oxygens (including phenoxy) is 1. The third-order valence-corrected chi connectivity index (χ3v) is 5.75. The zero-order valence-electron chi connectivity index (χ0n) is 16.7. The molecule has 1 aliphatic rings. The fourth-order valence-corrected chi connectivity index (χ4v) is 3.89. The number of rotatable bonds is 7. The lowest BCUT2D eigenvalue weighted by atomic mass is 10.1. The molecule has 1 fully saturated rings. The van der Waals surface area contributed by atoms with Gasteiger partial charge in [0.05, 0.1) is 5.57 Å². The van der Waals surface area contributed by atoms with Gasteiger partial charge in [0.1, 0.15) is 0 Å². The van der Waals surface area contributed by atoms with Gasteiger partial charge in [-0.2, -0.15) is 0 Å². The molecule has 4 nitrogen and oxygen atoms in total. The van der Waals surface area contributed by atoms with Crippen molar-refractivity contribution in [2.75, 3.05) is 0 Å². The Kier molecular flexibility index (Phi) is 6.10. The lowest BCUT2D eigenvalue weighted by Crippen LogP contribution is -2.33. The maximum Gasteiger partial charge on any atom is 0.340 e. The topological polar surface area (TPSA) is 55.4 Å². The van der Waals surface area contributed by atoms with Crippen LogP contribution in [0.1, 0.15) is 40.5 Å². The average Bonchev–Trinajstić information content (AvgIpc) is 3.39. The summed E-state index contributed by atoms with van der Waals surface area (Å²) in [6, 6.07) is 21.0. The highest BCUT2D eigenvalue weighted by Crippen LogP contribution is 2.29. The second-order valence-electron chi connectivity index (χ2n) is 7.43. The number of amides is 1. The Morgan fingerprint density at radius 2 is 1.87 bits per heavy atom. The van der Waals surface area contributed by atoms with Crippen LogP contribution >= 0.6 is 11.3 Å². The van der Waals surface area contributed by atoms with Crippen molar-refractivity contribution in [3.63, 3.8) is 0 Å². The Bertz CT molecular complexity index is 1050. The summed E-state index contributed by atoms with van der Waals surface area (Å²) >= 11 is 1.47. The van der Waals surface area contributed by atoms with Crippen LogP contribution in [-0.4, -0.2) is 17.9 Å². The molecule has 0 aliphatic heterocycles. The number of esters is 1. The molecule has 2 aromatic carbocycles. The third-order valence-electron chi connectivity index (χ3n) is 4.85. The lowest BCUT2D eigenvalue weighted by Gasteiger charge is -2.19. The summed E-state index contributed by atoms with van der Waals surface area (Å²) in [4.78, 5) is 26.9. The second-order valence-corrected chi connectivity index (χ2v) is 8.38. The Morgan fingerprint density at radius 3 is 2.53 bits per heavy atom. The molecule has 1 aliphatic carbocycles. The molecule has 0 spiro atoms. The van der Waals surface area contributed by atoms with Crippen molar-refractivity contribution >= 4 is 34.9 Å². The van der Waals surface area contributed by atoms with Crippen LogP contribution < -0.4 is 5.32 Å². The molecule has 1 saturated carbocycles. The number of thiophene rings is 1. The summed E-state index contributed by atoms with van der Waals surface area (Å²) in [5, 5.41) is 4.87. The summed E-state index contributed by atoms with van der Waals surface area (Å²) in [7, 11) is 0. The minimum Gasteiger partial charge on any atom is -0.444 e. The standard InChI is InChI=1S/C25H23NO3S/c1-17-7-5-8-18(15-17)16-21(22-11-6-14-30-22)25(28)29-23(19-9-3-2-4-10-19)24(27)26-20-12-13-20/h2-11,14-16,20,23H,12-13H2,1H3,(H,26,27)/b21-16+/t23-/m1/s1. The van der Waals surface area contributed by atoms with E-state index in [4.69, 9.17) is 4.74 Å². The van der Waals surface area contributed by atoms with Crippen molar-refractivity contribution < 1.29 is 14.3 Å². The molecule has 1 heterocycles. The number of benzene rings is 2. The summed E-state index contributed by atoms with van der Waals surface area (Å²) in [5.41, 5.74) is 3.11. The van der Waals surface area contributed by atoms with Crippen LogP contribution in [0.4, 0.5) is 0 Å². The van der Waals surface area contributed by atoms with Crippen LogP contribution in [0.3, 0.4) is 0 Å². The van der Waals surface area contributed by atoms with Gasteiger partial charge in [-0.25, -0.2) is 4.79 Å². The summed E-state index contributed by atoms with van der Waals surface area (Å²) < 4.78 is 5.80. The Balaban J connectivity index is 1.64. The molecule has 0 saturated heterocycles. The van der Waals surface area contributed by atoms with Crippen LogP contribution in [0.2, 0.25) is 0 Å². The fraction of sp³-hybridized carbons (Fsp3) is 0.200. The third kappa shape index (κ3) is 5.05. The summed E-state index contributed by atoms with van der Waals surface area (Å²) in [6.07, 6.45) is 2.77. The van der Waals surface area contributed by atoms with Gasteiger partial charge in [0.2, 0.25) is 6.10 Å². The first kappa shape index (κ1) is 20.1. The minimum atomic E-state index is -0.986. The molecule has 1 N–H and O–H groups in total. The Labute approximate surface area is 180 Å². The van der Waals surface area contributed by atoms with Gasteiger partial charge in [-0.05, 0) is 42.9 Å². The maximum absolute atomic E-state index is 13.3. The molecule has 0 bridgehead atoms. The molecule has 1 atom stereocenters. The monoisotopic (exact) mass is 417 g/mol. The molecule has 0 unspecified atom stereocenters. The van der Waals surface area contributed by atoms with Gasteiger partial charge < -0.3 is 10.1 Å². The quantitative estimate of drug-likeness (QED) is 0.427. The first-order valence-corrected chi connectivity index (χ1v) is 10.9. The number of hydrogen-bond acceptors (Lipinski definition) is 4. The Hall–Kier alpha value is -3.18. The summed E-state index contributed by atoms with van der Waals surface area (Å²) in [6.45, 7) is 2.01. The minimum absolute atomic E-state index is 0.182. The van der Waals surface area contributed by atoms with E-state index in [-0.39, 0.29) is 11.9 Å². The predicted molar refractivity (Wildman–Crippen MR) is 120 cm³/mol. The predicted octanol–water partition coefficient (Wildman–Crippen LogP) is 5.16. The highest BCUT2D eigenvalue weighted by molar-refractivity contribution is 7.11. The largest absolute Gasteiger partial charge is 0.444 e. The van der Waals surface area contributed by atoms with E-state index in [0.717, 1.165) is 28.8 Å². The van der Waals surface area contributed by atoms with Gasteiger partial charge in [-0.15, -0.1) is 11.3 Å². The van der Waals surface area contributed by atoms with E-state index in [1.165, 1.54) is 11.3 Å². The van der Waals surface area contributed by atoms with E-state index < -0.39 is 12.1 Å². The molecule has 3 aromatic rings. The fourth-order valence-electron chi connectivity index (χ4n) is 3.16. The number of nitrogens with one attached hydrogen (secondary N) is 1. The van der Waals surface area contributed by atoms with Gasteiger partial charge in [-0.3, -0.25) is 4.79 Å². The molecular weight excluding hydrogens is 394 g/mol. The first-order valence-electron chi connectivity index (χ1n) is 9.99. The van der Waals surface area contributed by atoms with Crippen LogP contribution in [0.15, 0.2) is 72.1 Å². The maximum atomic E-state index is 13.3. The number of carbonyl (C=O) groups is 2. The van der Waals surface area contributed by atoms with Crippen molar-refractivity contribution in [2.45, 2.75) is 31.9 Å². The zero-order chi connectivity index (χ0) is 20.9. The smallest absolute Gasteiger partial charge is 0.340 e. The number of hydrogen-bond donors (Lipinski definition) is 1. The highest BCUT2D eigenvalue weighted by atomic mass is 32.1. The van der Waals surface area contributed by atoms with Gasteiger partial charge >= 0.3 is 5.97 Å². The second kappa shape index (κ2) is 9.09. The van der Waals surface area contributed by atoms with Gasteiger partial charge in [-0.1, -0.05) is 66.2 Å². The van der Waals surface area contributed by atoms with Gasteiger partial charge in [0, 0.05) is 16.5 Å². The van der Waals surface area contributed by atoms with Crippen molar-refractivity contribution in [3.05, 3.63) is 93.7 Å². The summed E-state index contributed by atoms with van der Waals surface area (Å²) in [5.74, 6) is -0.795. The number of aryl methyl sites for hydroxylation is 1. The van der Waals surface area contributed by atoms with E-state index in [0.29, 0.717) is 11.1 Å². The van der Waals surface area contributed by atoms with Crippen LogP contribution in [0, 0.1) is 6.92 Å². The van der Waals surface area contributed by atoms with Crippen molar-refractivity contribution in [1.82, 2.24) is 5.32 Å². The molecule has 0 radical (unpaired) electrons. The molecular formula is C25H23NO3S. The lowest BCUT2D eigenvalue weighted by molar-refractivity contribution is -0.151. The van der Waals surface area contributed by atoms with Crippen LogP contribution in [-0.2, 0) is 14.3 Å². The normalized spacial score (nSPS) is 14.8. The highest BCUT2D eigenvalue weighted by Gasteiger charge is 2.31. The van der Waals surface area contributed by atoms with E-state index in [9.17, 15) is 9.59 Å². The van der Waals surface area contributed by atoms with Crippen LogP contribution in [0.25, 0.3) is 11.6 Å². The van der Waals surface area contributed by atoms with Crippen molar-refractivity contribution in [1.29, 1.82) is 0 Å². The molecule has 1 amide bonds. The molecule has 5 heteroatoms. The Morgan fingerprint density at radius 1 is 1.07 bits per heavy atom. The van der Waals surface area contributed by atoms with E-state index in [2.05, 4.69) is 5.32 Å². The average molecular weight is 418 g/mol. The van der Waals surface area contributed by atoms with Crippen molar-refractivity contribution in [2.24, 2.45) is 0 Å². The number of carbonyl (C=O) groups excluding carboxylic acids is 2. The zero-order valence-corrected chi connectivity index (χ0v) is 17.5. The molecule has 4 rings (SSSR count). The molecule has 152 valence electrons. The van der Waals surface area contributed by atoms with E-state index in [1.54, 1.807) is 12.1 Å².